The summed E-state index contributed by atoms with van der Waals surface area (Å²) in [6.45, 7) is 6.43. The number of hydrogen-bond donors (Lipinski definition) is 1. The number of nitrogens with two attached hydrogens (primary N) is 1. The Morgan fingerprint density at radius 1 is 0.812 bits per heavy atom. The molecule has 0 unspecified atom stereocenters. The van der Waals surface area contributed by atoms with Crippen LogP contribution in [-0.2, 0) is 0 Å². The first-order valence-electron chi connectivity index (χ1n) is 5.51. The first kappa shape index (κ1) is 10.7. The molecule has 2 aromatic carbocycles. The van der Waals surface area contributed by atoms with Gasteiger partial charge in [0.25, 0.3) is 0 Å². The van der Waals surface area contributed by atoms with Crippen LogP contribution in [0.5, 0.6) is 0 Å². The van der Waals surface area contributed by atoms with E-state index in [0.717, 1.165) is 5.69 Å². The maximum atomic E-state index is 5.81. The summed E-state index contributed by atoms with van der Waals surface area (Å²) in [4.78, 5) is 0. The first-order valence-corrected chi connectivity index (χ1v) is 5.51. The highest BCUT2D eigenvalue weighted by Crippen LogP contribution is 2.27. The van der Waals surface area contributed by atoms with E-state index in [1.165, 1.54) is 27.8 Å². The minimum atomic E-state index is 0.815. The molecule has 82 valence electrons. The van der Waals surface area contributed by atoms with Crippen molar-refractivity contribution in [2.75, 3.05) is 5.73 Å². The molecule has 0 aliphatic rings. The van der Waals surface area contributed by atoms with Crippen LogP contribution in [-0.4, -0.2) is 0 Å². The second kappa shape index (κ2) is 4.01. The quantitative estimate of drug-likeness (QED) is 0.712. The summed E-state index contributed by atoms with van der Waals surface area (Å²) in [6.07, 6.45) is 0. The average Bonchev–Trinajstić information content (AvgIpc) is 2.23. The molecule has 2 aromatic rings. The van der Waals surface area contributed by atoms with Crippen molar-refractivity contribution in [3.63, 3.8) is 0 Å². The first-order chi connectivity index (χ1) is 7.58. The SMILES string of the molecule is Cc1cc(C)c(-c2cccc(N)c2)cc1C. The van der Waals surface area contributed by atoms with Crippen molar-refractivity contribution in [3.05, 3.63) is 53.1 Å². The minimum Gasteiger partial charge on any atom is -0.399 e. The predicted molar refractivity (Wildman–Crippen MR) is 70.5 cm³/mol. The Kier molecular flexibility index (Phi) is 2.69. The summed E-state index contributed by atoms with van der Waals surface area (Å²) in [5.41, 5.74) is 13.1. The van der Waals surface area contributed by atoms with Gasteiger partial charge in [0.05, 0.1) is 0 Å². The highest BCUT2D eigenvalue weighted by Gasteiger charge is 2.04. The normalized spacial score (nSPS) is 10.4. The van der Waals surface area contributed by atoms with Gasteiger partial charge in [0.15, 0.2) is 0 Å². The second-order valence-electron chi connectivity index (χ2n) is 4.38. The van der Waals surface area contributed by atoms with E-state index >= 15 is 0 Å². The summed E-state index contributed by atoms with van der Waals surface area (Å²) in [6, 6.07) is 12.5. The van der Waals surface area contributed by atoms with Crippen LogP contribution in [0.1, 0.15) is 16.7 Å². The van der Waals surface area contributed by atoms with Gasteiger partial charge in [-0.1, -0.05) is 24.3 Å². The van der Waals surface area contributed by atoms with E-state index in [1.807, 2.05) is 18.2 Å². The molecule has 0 radical (unpaired) electrons. The molecular formula is C15H17N. The smallest absolute Gasteiger partial charge is 0.0320 e. The topological polar surface area (TPSA) is 26.0 Å². The van der Waals surface area contributed by atoms with Crippen LogP contribution in [0.15, 0.2) is 36.4 Å². The standard InChI is InChI=1S/C15H17N/c1-10-7-12(3)15(8-11(10)2)13-5-4-6-14(16)9-13/h4-9H,16H2,1-3H3. The molecule has 0 saturated carbocycles. The van der Waals surface area contributed by atoms with Gasteiger partial charge in [-0.3, -0.25) is 0 Å². The Labute approximate surface area is 96.9 Å². The summed E-state index contributed by atoms with van der Waals surface area (Å²) < 4.78 is 0. The summed E-state index contributed by atoms with van der Waals surface area (Å²) in [5, 5.41) is 0. The summed E-state index contributed by atoms with van der Waals surface area (Å²) >= 11 is 0. The molecule has 0 amide bonds. The molecule has 1 nitrogen and oxygen atoms in total. The van der Waals surface area contributed by atoms with E-state index in [0.29, 0.717) is 0 Å². The second-order valence-corrected chi connectivity index (χ2v) is 4.38. The van der Waals surface area contributed by atoms with Crippen molar-refractivity contribution >= 4 is 5.69 Å². The van der Waals surface area contributed by atoms with E-state index in [4.69, 9.17) is 5.73 Å². The van der Waals surface area contributed by atoms with E-state index in [1.54, 1.807) is 0 Å². The molecule has 16 heavy (non-hydrogen) atoms. The van der Waals surface area contributed by atoms with Crippen LogP contribution in [0, 0.1) is 20.8 Å². The molecule has 0 aromatic heterocycles. The van der Waals surface area contributed by atoms with Crippen LogP contribution in [0.25, 0.3) is 11.1 Å². The molecule has 0 spiro atoms. The molecule has 0 heterocycles. The lowest BCUT2D eigenvalue weighted by molar-refractivity contribution is 1.30. The zero-order valence-electron chi connectivity index (χ0n) is 10.0. The van der Waals surface area contributed by atoms with E-state index in [2.05, 4.69) is 39.0 Å². The van der Waals surface area contributed by atoms with Crippen LogP contribution in [0.2, 0.25) is 0 Å². The number of anilines is 1. The highest BCUT2D eigenvalue weighted by atomic mass is 14.5. The van der Waals surface area contributed by atoms with Gasteiger partial charge in [-0.15, -0.1) is 0 Å². The van der Waals surface area contributed by atoms with E-state index in [9.17, 15) is 0 Å². The number of rotatable bonds is 1. The van der Waals surface area contributed by atoms with Gasteiger partial charge in [-0.05, 0) is 60.7 Å². The van der Waals surface area contributed by atoms with Crippen LogP contribution < -0.4 is 5.73 Å². The Hall–Kier alpha value is -1.76. The molecular weight excluding hydrogens is 194 g/mol. The zero-order chi connectivity index (χ0) is 11.7. The van der Waals surface area contributed by atoms with Gasteiger partial charge >= 0.3 is 0 Å². The lowest BCUT2D eigenvalue weighted by atomic mass is 9.95. The van der Waals surface area contributed by atoms with Crippen molar-refractivity contribution in [1.82, 2.24) is 0 Å². The molecule has 0 fully saturated rings. The predicted octanol–water partition coefficient (Wildman–Crippen LogP) is 3.86. The van der Waals surface area contributed by atoms with Gasteiger partial charge in [0, 0.05) is 5.69 Å². The van der Waals surface area contributed by atoms with Crippen LogP contribution in [0.4, 0.5) is 5.69 Å². The molecule has 2 N–H and O–H groups in total. The van der Waals surface area contributed by atoms with Gasteiger partial charge in [-0.2, -0.15) is 0 Å². The fraction of sp³-hybridized carbons (Fsp3) is 0.200. The van der Waals surface area contributed by atoms with Gasteiger partial charge in [-0.25, -0.2) is 0 Å². The third kappa shape index (κ3) is 1.94. The summed E-state index contributed by atoms with van der Waals surface area (Å²) in [5.74, 6) is 0. The molecule has 1 heteroatoms. The van der Waals surface area contributed by atoms with Gasteiger partial charge in [0.2, 0.25) is 0 Å². The molecule has 0 aliphatic heterocycles. The Morgan fingerprint density at radius 2 is 1.50 bits per heavy atom. The van der Waals surface area contributed by atoms with E-state index in [-0.39, 0.29) is 0 Å². The van der Waals surface area contributed by atoms with Crippen LogP contribution >= 0.6 is 0 Å². The van der Waals surface area contributed by atoms with Crippen LogP contribution in [0.3, 0.4) is 0 Å². The lowest BCUT2D eigenvalue weighted by Crippen LogP contribution is -1.90. The molecule has 0 aliphatic carbocycles. The largest absolute Gasteiger partial charge is 0.399 e. The molecule has 0 atom stereocenters. The maximum absolute atomic E-state index is 5.81. The number of hydrogen-bond acceptors (Lipinski definition) is 1. The third-order valence-electron chi connectivity index (χ3n) is 3.04. The van der Waals surface area contributed by atoms with E-state index < -0.39 is 0 Å². The zero-order valence-corrected chi connectivity index (χ0v) is 10.0. The van der Waals surface area contributed by atoms with Crippen molar-refractivity contribution in [1.29, 1.82) is 0 Å². The highest BCUT2D eigenvalue weighted by molar-refractivity contribution is 5.71. The lowest BCUT2D eigenvalue weighted by Gasteiger charge is -2.10. The third-order valence-corrected chi connectivity index (χ3v) is 3.04. The Bertz CT molecular complexity index is 527. The Balaban J connectivity index is 2.60. The summed E-state index contributed by atoms with van der Waals surface area (Å²) in [7, 11) is 0. The average molecular weight is 211 g/mol. The van der Waals surface area contributed by atoms with Gasteiger partial charge < -0.3 is 5.73 Å². The van der Waals surface area contributed by atoms with Crippen molar-refractivity contribution in [3.8, 4) is 11.1 Å². The monoisotopic (exact) mass is 211 g/mol. The Morgan fingerprint density at radius 3 is 2.19 bits per heavy atom. The number of benzene rings is 2. The number of nitrogen functional groups attached to an aromatic ring is 1. The minimum absolute atomic E-state index is 0.815. The molecule has 0 saturated heterocycles. The molecule has 0 bridgehead atoms. The van der Waals surface area contributed by atoms with Crippen molar-refractivity contribution in [2.24, 2.45) is 0 Å². The fourth-order valence-electron chi connectivity index (χ4n) is 1.98. The fourth-order valence-corrected chi connectivity index (χ4v) is 1.98. The van der Waals surface area contributed by atoms with Crippen molar-refractivity contribution in [2.45, 2.75) is 20.8 Å². The van der Waals surface area contributed by atoms with Crippen molar-refractivity contribution < 1.29 is 0 Å². The number of aryl methyl sites for hydroxylation is 3. The maximum Gasteiger partial charge on any atom is 0.0320 e. The van der Waals surface area contributed by atoms with Gasteiger partial charge in [0.1, 0.15) is 0 Å². The molecule has 2 rings (SSSR count).